The molecule has 0 saturated carbocycles. The van der Waals surface area contributed by atoms with Gasteiger partial charge < -0.3 is 10.2 Å². The fourth-order valence-corrected chi connectivity index (χ4v) is 6.13. The number of benzene rings is 4. The minimum atomic E-state index is -4.25. The van der Waals surface area contributed by atoms with Crippen LogP contribution in [0.3, 0.4) is 0 Å². The van der Waals surface area contributed by atoms with Crippen LogP contribution >= 0.6 is 11.6 Å². The van der Waals surface area contributed by atoms with Gasteiger partial charge in [0.05, 0.1) is 10.6 Å². The fourth-order valence-electron chi connectivity index (χ4n) is 4.59. The number of carbonyl (C=O) groups is 2. The number of amides is 2. The van der Waals surface area contributed by atoms with Crippen LogP contribution in [-0.4, -0.2) is 44.3 Å². The van der Waals surface area contributed by atoms with E-state index < -0.39 is 40.2 Å². The molecule has 0 unspecified atom stereocenters. The Hall–Kier alpha value is -4.21. The monoisotopic (exact) mass is 621 g/mol. The molecule has 10 heteroatoms. The van der Waals surface area contributed by atoms with E-state index in [4.69, 9.17) is 11.6 Å². The van der Waals surface area contributed by atoms with Crippen LogP contribution in [0.15, 0.2) is 114 Å². The van der Waals surface area contributed by atoms with Crippen molar-refractivity contribution in [2.75, 3.05) is 17.4 Å². The summed E-state index contributed by atoms with van der Waals surface area (Å²) in [5.74, 6) is -1.62. The van der Waals surface area contributed by atoms with E-state index in [2.05, 4.69) is 5.32 Å². The molecule has 0 spiro atoms. The summed E-state index contributed by atoms with van der Waals surface area (Å²) >= 11 is 6.00. The molecular weight excluding hydrogens is 589 g/mol. The molecule has 0 bridgehead atoms. The Morgan fingerprint density at radius 2 is 1.47 bits per heavy atom. The van der Waals surface area contributed by atoms with E-state index in [0.29, 0.717) is 18.0 Å². The lowest BCUT2D eigenvalue weighted by atomic mass is 10.0. The Labute approximate surface area is 257 Å². The first-order valence-corrected chi connectivity index (χ1v) is 15.7. The predicted molar refractivity (Wildman–Crippen MR) is 167 cm³/mol. The molecule has 1 N–H and O–H groups in total. The molecule has 4 aromatic carbocycles. The van der Waals surface area contributed by atoms with Crippen molar-refractivity contribution in [3.05, 3.63) is 131 Å². The van der Waals surface area contributed by atoms with Gasteiger partial charge >= 0.3 is 0 Å². The zero-order valence-corrected chi connectivity index (χ0v) is 25.3. The van der Waals surface area contributed by atoms with E-state index in [-0.39, 0.29) is 29.1 Å². The average Bonchev–Trinajstić information content (AvgIpc) is 3.02. The molecule has 0 heterocycles. The minimum absolute atomic E-state index is 0.0595. The summed E-state index contributed by atoms with van der Waals surface area (Å²) < 4.78 is 43.8. The van der Waals surface area contributed by atoms with Gasteiger partial charge in [-0.2, -0.15) is 0 Å². The molecule has 2 amide bonds. The Balaban J connectivity index is 1.78. The first-order valence-electron chi connectivity index (χ1n) is 13.9. The molecule has 0 aliphatic rings. The molecule has 0 aromatic heterocycles. The van der Waals surface area contributed by atoms with Gasteiger partial charge in [-0.25, -0.2) is 12.8 Å². The van der Waals surface area contributed by atoms with Gasteiger partial charge in [-0.05, 0) is 54.4 Å². The summed E-state index contributed by atoms with van der Waals surface area (Å²) in [6.07, 6.45) is 0.817. The third-order valence-electron chi connectivity index (χ3n) is 6.84. The van der Waals surface area contributed by atoms with Crippen LogP contribution in [0.1, 0.15) is 24.5 Å². The highest BCUT2D eigenvalue weighted by Crippen LogP contribution is 2.26. The van der Waals surface area contributed by atoms with Crippen molar-refractivity contribution < 1.29 is 22.4 Å². The number of carbonyl (C=O) groups excluding carboxylic acids is 2. The number of nitrogens with zero attached hydrogens (tertiary/aromatic N) is 2. The van der Waals surface area contributed by atoms with Crippen molar-refractivity contribution in [2.45, 2.75) is 37.2 Å². The van der Waals surface area contributed by atoms with Crippen LogP contribution in [0.2, 0.25) is 5.02 Å². The van der Waals surface area contributed by atoms with E-state index in [0.717, 1.165) is 9.87 Å². The van der Waals surface area contributed by atoms with Crippen molar-refractivity contribution in [1.29, 1.82) is 0 Å². The second-order valence-corrected chi connectivity index (χ2v) is 12.2. The molecule has 224 valence electrons. The predicted octanol–water partition coefficient (Wildman–Crippen LogP) is 5.84. The Morgan fingerprint density at radius 3 is 2.09 bits per heavy atom. The molecule has 7 nitrogen and oxygen atoms in total. The number of para-hydroxylation sites is 1. The Bertz CT molecular complexity index is 1620. The van der Waals surface area contributed by atoms with Crippen molar-refractivity contribution in [3.63, 3.8) is 0 Å². The highest BCUT2D eigenvalue weighted by molar-refractivity contribution is 7.92. The molecule has 1 atom stereocenters. The zero-order valence-electron chi connectivity index (χ0n) is 23.7. The lowest BCUT2D eigenvalue weighted by molar-refractivity contribution is -0.140. The summed E-state index contributed by atoms with van der Waals surface area (Å²) in [6, 6.07) is 28.0. The van der Waals surface area contributed by atoms with Gasteiger partial charge in [-0.1, -0.05) is 85.3 Å². The van der Waals surface area contributed by atoms with Crippen LogP contribution in [0.25, 0.3) is 0 Å². The van der Waals surface area contributed by atoms with E-state index in [1.807, 2.05) is 37.3 Å². The first-order chi connectivity index (χ1) is 20.7. The lowest BCUT2D eigenvalue weighted by Gasteiger charge is -2.34. The van der Waals surface area contributed by atoms with E-state index >= 15 is 0 Å². The molecular formula is C33H33ClFN3O4S. The Morgan fingerprint density at radius 1 is 0.860 bits per heavy atom. The van der Waals surface area contributed by atoms with Gasteiger partial charge in [-0.15, -0.1) is 0 Å². The smallest absolute Gasteiger partial charge is 0.264 e. The number of hydrogen-bond acceptors (Lipinski definition) is 4. The minimum Gasteiger partial charge on any atom is -0.354 e. The summed E-state index contributed by atoms with van der Waals surface area (Å²) in [5, 5.41) is 3.22. The first kappa shape index (κ1) is 31.7. The highest BCUT2D eigenvalue weighted by Gasteiger charge is 2.34. The fraction of sp³-hybridized carbons (Fsp3) is 0.212. The van der Waals surface area contributed by atoms with Gasteiger partial charge in [0.1, 0.15) is 18.4 Å². The third-order valence-corrected chi connectivity index (χ3v) is 8.88. The van der Waals surface area contributed by atoms with Crippen molar-refractivity contribution in [3.8, 4) is 0 Å². The topological polar surface area (TPSA) is 86.8 Å². The third kappa shape index (κ3) is 8.21. The molecule has 0 aliphatic carbocycles. The van der Waals surface area contributed by atoms with Crippen LogP contribution in [-0.2, 0) is 32.6 Å². The van der Waals surface area contributed by atoms with Gasteiger partial charge in [0.2, 0.25) is 11.8 Å². The average molecular weight is 622 g/mol. The van der Waals surface area contributed by atoms with Gasteiger partial charge in [0, 0.05) is 30.1 Å². The largest absolute Gasteiger partial charge is 0.354 e. The maximum absolute atomic E-state index is 14.9. The van der Waals surface area contributed by atoms with Crippen molar-refractivity contribution in [2.24, 2.45) is 0 Å². The number of hydrogen-bond donors (Lipinski definition) is 1. The number of anilines is 1. The van der Waals surface area contributed by atoms with Crippen LogP contribution in [0, 0.1) is 5.82 Å². The molecule has 0 saturated heterocycles. The molecule has 4 rings (SSSR count). The maximum atomic E-state index is 14.9. The van der Waals surface area contributed by atoms with E-state index in [1.165, 1.54) is 41.3 Å². The normalized spacial score (nSPS) is 11.9. The number of halogens is 2. The van der Waals surface area contributed by atoms with Gasteiger partial charge in [0.25, 0.3) is 10.0 Å². The van der Waals surface area contributed by atoms with Crippen molar-refractivity contribution >= 4 is 39.1 Å². The highest BCUT2D eigenvalue weighted by atomic mass is 35.5. The van der Waals surface area contributed by atoms with Gasteiger partial charge in [-0.3, -0.25) is 13.9 Å². The van der Waals surface area contributed by atoms with Crippen LogP contribution in [0.5, 0.6) is 0 Å². The van der Waals surface area contributed by atoms with Crippen LogP contribution in [0.4, 0.5) is 10.1 Å². The quantitative estimate of drug-likeness (QED) is 0.203. The molecule has 0 fully saturated rings. The number of sulfonamides is 1. The molecule has 4 aromatic rings. The molecule has 0 aliphatic heterocycles. The zero-order chi connectivity index (χ0) is 30.8. The Kier molecular flexibility index (Phi) is 10.9. The summed E-state index contributed by atoms with van der Waals surface area (Å²) in [7, 11) is -4.25. The lowest BCUT2D eigenvalue weighted by Crippen LogP contribution is -2.53. The maximum Gasteiger partial charge on any atom is 0.264 e. The second kappa shape index (κ2) is 14.8. The molecule has 43 heavy (non-hydrogen) atoms. The molecule has 0 radical (unpaired) electrons. The van der Waals surface area contributed by atoms with Crippen LogP contribution < -0.4 is 9.62 Å². The number of rotatable bonds is 13. The second-order valence-electron chi connectivity index (χ2n) is 9.91. The van der Waals surface area contributed by atoms with Crippen molar-refractivity contribution in [1.82, 2.24) is 10.2 Å². The summed E-state index contributed by atoms with van der Waals surface area (Å²) in [4.78, 5) is 29.1. The SMILES string of the molecule is CCCNC(=O)[C@H](Cc1ccccc1)N(Cc1ccccc1F)C(=O)CN(c1ccccc1)S(=O)(=O)c1ccc(Cl)cc1. The standard InChI is InChI=1S/C33H33ClFN3O4S/c1-2-21-36-33(40)31(22-25-11-5-3-6-12-25)37(23-26-13-9-10-16-30(26)35)32(39)24-38(28-14-7-4-8-15-28)43(41,42)29-19-17-27(34)18-20-29/h3-20,31H,2,21-24H2,1H3,(H,36,40)/t31-/m0/s1. The van der Waals surface area contributed by atoms with Gasteiger partial charge in [0.15, 0.2) is 0 Å². The van der Waals surface area contributed by atoms with E-state index in [9.17, 15) is 22.4 Å². The number of nitrogens with one attached hydrogen (secondary N) is 1. The summed E-state index contributed by atoms with van der Waals surface area (Å²) in [6.45, 7) is 1.42. The van der Waals surface area contributed by atoms with E-state index in [1.54, 1.807) is 42.5 Å². The summed E-state index contributed by atoms with van der Waals surface area (Å²) in [5.41, 5.74) is 1.25.